The molecule has 9 nitrogen and oxygen atoms in total. The number of nitrogens with one attached hydrogen (secondary N) is 1. The van der Waals surface area contributed by atoms with E-state index in [1.807, 2.05) is 0 Å². The van der Waals surface area contributed by atoms with E-state index in [1.54, 1.807) is 0 Å². The first kappa shape index (κ1) is 15.5. The summed E-state index contributed by atoms with van der Waals surface area (Å²) in [5.74, 6) is -1.88. The fourth-order valence-corrected chi connectivity index (χ4v) is 1.94. The number of carbonyl (C=O) groups is 1. The summed E-state index contributed by atoms with van der Waals surface area (Å²) in [5, 5.41) is 20.9. The second-order valence-corrected chi connectivity index (χ2v) is 5.75. The van der Waals surface area contributed by atoms with Gasteiger partial charge in [0.1, 0.15) is 11.3 Å². The van der Waals surface area contributed by atoms with Gasteiger partial charge in [-0.15, -0.1) is 0 Å². The van der Waals surface area contributed by atoms with Gasteiger partial charge in [-0.25, -0.2) is 9.78 Å². The number of aromatic carboxylic acids is 1. The lowest BCUT2D eigenvalue weighted by atomic mass is 10.3. The van der Waals surface area contributed by atoms with Gasteiger partial charge in [-0.05, 0) is 24.3 Å². The maximum Gasteiger partial charge on any atom is 0.342 e. The maximum atomic E-state index is 11.0. The molecular weight excluding hydrogens is 314 g/mol. The van der Waals surface area contributed by atoms with Gasteiger partial charge < -0.3 is 19.7 Å². The van der Waals surface area contributed by atoms with E-state index in [9.17, 15) is 18.3 Å². The van der Waals surface area contributed by atoms with Gasteiger partial charge in [0.2, 0.25) is 11.8 Å². The van der Waals surface area contributed by atoms with Crippen LogP contribution in [-0.2, 0) is 10.1 Å². The SMILES string of the molecule is CS(=O)(=O)Oc1ccc(Nc2ncc(C(=O)O)c(O)n2)cc1. The van der Waals surface area contributed by atoms with E-state index in [1.165, 1.54) is 24.3 Å². The lowest BCUT2D eigenvalue weighted by molar-refractivity contribution is 0.0692. The van der Waals surface area contributed by atoms with E-state index >= 15 is 0 Å². The highest BCUT2D eigenvalue weighted by molar-refractivity contribution is 7.86. The van der Waals surface area contributed by atoms with Gasteiger partial charge in [0.05, 0.1) is 12.5 Å². The van der Waals surface area contributed by atoms with E-state index in [0.717, 1.165) is 12.5 Å². The summed E-state index contributed by atoms with van der Waals surface area (Å²) in [4.78, 5) is 18.1. The number of hydrogen-bond donors (Lipinski definition) is 3. The third-order valence-electron chi connectivity index (χ3n) is 2.36. The molecule has 1 aromatic heterocycles. The van der Waals surface area contributed by atoms with Crippen molar-refractivity contribution in [3.05, 3.63) is 36.0 Å². The zero-order valence-corrected chi connectivity index (χ0v) is 12.0. The van der Waals surface area contributed by atoms with E-state index in [4.69, 9.17) is 5.11 Å². The third-order valence-corrected chi connectivity index (χ3v) is 2.85. The first-order chi connectivity index (χ1) is 10.2. The van der Waals surface area contributed by atoms with Crippen molar-refractivity contribution in [1.82, 2.24) is 9.97 Å². The first-order valence-electron chi connectivity index (χ1n) is 5.80. The number of carboxylic acid groups (broad SMARTS) is 1. The molecule has 22 heavy (non-hydrogen) atoms. The molecule has 0 bridgehead atoms. The van der Waals surface area contributed by atoms with Gasteiger partial charge in [-0.2, -0.15) is 13.4 Å². The van der Waals surface area contributed by atoms with Crippen molar-refractivity contribution in [3.63, 3.8) is 0 Å². The molecule has 0 saturated carbocycles. The zero-order chi connectivity index (χ0) is 16.3. The fourth-order valence-electron chi connectivity index (χ4n) is 1.48. The van der Waals surface area contributed by atoms with Gasteiger partial charge in [0.25, 0.3) is 0 Å². The van der Waals surface area contributed by atoms with Gasteiger partial charge in [0.15, 0.2) is 0 Å². The Hall–Kier alpha value is -2.88. The van der Waals surface area contributed by atoms with Crippen molar-refractivity contribution in [2.45, 2.75) is 0 Å². The average molecular weight is 325 g/mol. The molecule has 10 heteroatoms. The summed E-state index contributed by atoms with van der Waals surface area (Å²) in [6.45, 7) is 0. The molecule has 3 N–H and O–H groups in total. The lowest BCUT2D eigenvalue weighted by Crippen LogP contribution is -2.06. The van der Waals surface area contributed by atoms with E-state index < -0.39 is 27.5 Å². The Balaban J connectivity index is 2.14. The Morgan fingerprint density at radius 3 is 2.41 bits per heavy atom. The number of nitrogens with zero attached hydrogens (tertiary/aromatic N) is 2. The molecule has 2 aromatic rings. The molecule has 0 saturated heterocycles. The molecule has 1 aromatic carbocycles. The van der Waals surface area contributed by atoms with Crippen LogP contribution in [0.25, 0.3) is 0 Å². The van der Waals surface area contributed by atoms with Crippen LogP contribution in [0.15, 0.2) is 30.5 Å². The maximum absolute atomic E-state index is 11.0. The lowest BCUT2D eigenvalue weighted by Gasteiger charge is -2.07. The van der Waals surface area contributed by atoms with Crippen molar-refractivity contribution in [3.8, 4) is 11.6 Å². The third kappa shape index (κ3) is 4.06. The van der Waals surface area contributed by atoms with Crippen LogP contribution in [0, 0.1) is 0 Å². The highest BCUT2D eigenvalue weighted by Crippen LogP contribution is 2.21. The molecule has 0 aliphatic heterocycles. The van der Waals surface area contributed by atoms with Crippen LogP contribution in [0.1, 0.15) is 10.4 Å². The Bertz CT molecular complexity index is 804. The molecule has 0 aliphatic carbocycles. The van der Waals surface area contributed by atoms with Crippen molar-refractivity contribution in [1.29, 1.82) is 0 Å². The molecule has 0 spiro atoms. The number of aromatic hydroxyl groups is 1. The minimum Gasteiger partial charge on any atom is -0.493 e. The number of carboxylic acids is 1. The molecule has 1 heterocycles. The zero-order valence-electron chi connectivity index (χ0n) is 11.2. The Morgan fingerprint density at radius 1 is 1.27 bits per heavy atom. The number of aromatic nitrogens is 2. The van der Waals surface area contributed by atoms with Gasteiger partial charge >= 0.3 is 16.1 Å². The van der Waals surface area contributed by atoms with Crippen LogP contribution in [0.3, 0.4) is 0 Å². The number of benzene rings is 1. The van der Waals surface area contributed by atoms with Gasteiger partial charge in [-0.1, -0.05) is 0 Å². The molecule has 0 radical (unpaired) electrons. The smallest absolute Gasteiger partial charge is 0.342 e. The fraction of sp³-hybridized carbons (Fsp3) is 0.0833. The van der Waals surface area contributed by atoms with E-state index in [0.29, 0.717) is 5.69 Å². The number of hydrogen-bond acceptors (Lipinski definition) is 8. The van der Waals surface area contributed by atoms with Crippen LogP contribution in [0.4, 0.5) is 11.6 Å². The van der Waals surface area contributed by atoms with Gasteiger partial charge in [0, 0.05) is 5.69 Å². The standard InChI is InChI=1S/C12H11N3O6S/c1-22(19,20)21-8-4-2-7(3-5-8)14-12-13-6-9(11(17)18)10(16)15-12/h2-6H,1H3,(H,17,18)(H2,13,14,15,16). The predicted molar refractivity (Wildman–Crippen MR) is 75.9 cm³/mol. The van der Waals surface area contributed by atoms with Crippen LogP contribution in [0.5, 0.6) is 11.6 Å². The summed E-state index contributed by atoms with van der Waals surface area (Å²) < 4.78 is 26.6. The largest absolute Gasteiger partial charge is 0.493 e. The highest BCUT2D eigenvalue weighted by Gasteiger charge is 2.12. The predicted octanol–water partition coefficient (Wildman–Crippen LogP) is 0.962. The summed E-state index contributed by atoms with van der Waals surface area (Å²) in [7, 11) is -3.60. The highest BCUT2D eigenvalue weighted by atomic mass is 32.2. The van der Waals surface area contributed by atoms with Crippen LogP contribution in [-0.4, -0.2) is 40.8 Å². The minimum absolute atomic E-state index is 0.0146. The molecule has 0 unspecified atom stereocenters. The Kier molecular flexibility index (Phi) is 4.13. The van der Waals surface area contributed by atoms with Crippen molar-refractivity contribution in [2.75, 3.05) is 11.6 Å². The quantitative estimate of drug-likeness (QED) is 0.686. The van der Waals surface area contributed by atoms with E-state index in [-0.39, 0.29) is 11.7 Å². The molecule has 2 rings (SSSR count). The second kappa shape index (κ2) is 5.85. The van der Waals surface area contributed by atoms with Crippen LogP contribution >= 0.6 is 0 Å². The van der Waals surface area contributed by atoms with E-state index in [2.05, 4.69) is 19.5 Å². The first-order valence-corrected chi connectivity index (χ1v) is 7.62. The Labute approximate surface area is 125 Å². The minimum atomic E-state index is -3.60. The summed E-state index contributed by atoms with van der Waals surface area (Å²) in [6, 6.07) is 5.84. The normalized spacial score (nSPS) is 11.0. The molecule has 0 atom stereocenters. The molecule has 0 fully saturated rings. The van der Waals surface area contributed by atoms with Crippen molar-refractivity contribution >= 4 is 27.7 Å². The molecule has 0 aliphatic rings. The van der Waals surface area contributed by atoms with Crippen LogP contribution in [0.2, 0.25) is 0 Å². The molecular formula is C12H11N3O6S. The molecule has 116 valence electrons. The average Bonchev–Trinajstić information content (AvgIpc) is 2.39. The summed E-state index contributed by atoms with van der Waals surface area (Å²) in [5.41, 5.74) is 0.0748. The van der Waals surface area contributed by atoms with Crippen molar-refractivity contribution in [2.24, 2.45) is 0 Å². The summed E-state index contributed by atoms with van der Waals surface area (Å²) in [6.07, 6.45) is 1.90. The topological polar surface area (TPSA) is 139 Å². The summed E-state index contributed by atoms with van der Waals surface area (Å²) >= 11 is 0. The molecule has 0 amide bonds. The number of rotatable bonds is 5. The van der Waals surface area contributed by atoms with Crippen molar-refractivity contribution < 1.29 is 27.6 Å². The van der Waals surface area contributed by atoms with Gasteiger partial charge in [-0.3, -0.25) is 0 Å². The van der Waals surface area contributed by atoms with Crippen LogP contribution < -0.4 is 9.50 Å². The second-order valence-electron chi connectivity index (χ2n) is 4.17. The monoisotopic (exact) mass is 325 g/mol. The number of anilines is 2. The Morgan fingerprint density at radius 2 is 1.91 bits per heavy atom.